The molecule has 0 atom stereocenters. The summed E-state index contributed by atoms with van der Waals surface area (Å²) in [5.41, 5.74) is 9.70. The van der Waals surface area contributed by atoms with E-state index in [2.05, 4.69) is 100 Å². The van der Waals surface area contributed by atoms with Crippen LogP contribution in [0.5, 0.6) is 0 Å². The van der Waals surface area contributed by atoms with Crippen molar-refractivity contribution in [1.29, 1.82) is 0 Å². The van der Waals surface area contributed by atoms with Gasteiger partial charge < -0.3 is 5.32 Å². The predicted octanol–water partition coefficient (Wildman–Crippen LogP) is 8.67. The quantitative estimate of drug-likeness (QED) is 0.506. The minimum absolute atomic E-state index is 0.976. The van der Waals surface area contributed by atoms with Crippen molar-refractivity contribution in [3.8, 4) is 0 Å². The molecule has 0 unspecified atom stereocenters. The van der Waals surface area contributed by atoms with Crippen LogP contribution < -0.4 is 5.32 Å². The summed E-state index contributed by atoms with van der Waals surface area (Å²) in [6, 6.07) is 14.9. The Morgan fingerprint density at radius 2 is 1.40 bits per heavy atom. The van der Waals surface area contributed by atoms with E-state index in [1.807, 2.05) is 33.8 Å². The maximum absolute atomic E-state index is 3.98. The van der Waals surface area contributed by atoms with Crippen molar-refractivity contribution in [2.24, 2.45) is 4.99 Å². The highest BCUT2D eigenvalue weighted by Gasteiger charge is 1.96. The Morgan fingerprint density at radius 1 is 0.833 bits per heavy atom. The van der Waals surface area contributed by atoms with Crippen LogP contribution in [0.1, 0.15) is 63.8 Å². The molecule has 0 fully saturated rings. The van der Waals surface area contributed by atoms with Gasteiger partial charge in [0.1, 0.15) is 0 Å². The maximum atomic E-state index is 3.98. The van der Waals surface area contributed by atoms with Gasteiger partial charge in [-0.1, -0.05) is 60.7 Å². The predicted molar refractivity (Wildman–Crippen MR) is 138 cm³/mol. The fraction of sp³-hybridized carbons (Fsp3) is 0.321. The van der Waals surface area contributed by atoms with Crippen molar-refractivity contribution in [1.82, 2.24) is 0 Å². The zero-order chi connectivity index (χ0) is 23.1. The van der Waals surface area contributed by atoms with Gasteiger partial charge in [-0.25, -0.2) is 0 Å². The molecule has 0 amide bonds. The molecule has 0 aliphatic rings. The Balaban J connectivity index is 0.000000437. The van der Waals surface area contributed by atoms with Crippen molar-refractivity contribution in [3.05, 3.63) is 94.8 Å². The van der Waals surface area contributed by atoms with Gasteiger partial charge in [-0.2, -0.15) is 0 Å². The lowest BCUT2D eigenvalue weighted by molar-refractivity contribution is 1.29. The van der Waals surface area contributed by atoms with E-state index in [1.165, 1.54) is 27.8 Å². The molecule has 0 aliphatic heterocycles. The van der Waals surface area contributed by atoms with Crippen LogP contribution in [0.3, 0.4) is 0 Å². The summed E-state index contributed by atoms with van der Waals surface area (Å²) in [5, 5.41) is 3.22. The van der Waals surface area contributed by atoms with E-state index in [1.54, 1.807) is 6.21 Å². The van der Waals surface area contributed by atoms with Crippen LogP contribution in [0.2, 0.25) is 0 Å². The third-order valence-corrected chi connectivity index (χ3v) is 4.43. The Labute approximate surface area is 185 Å². The van der Waals surface area contributed by atoms with Crippen LogP contribution in [0.15, 0.2) is 77.6 Å². The molecule has 0 radical (unpaired) electrons. The van der Waals surface area contributed by atoms with E-state index in [9.17, 15) is 0 Å². The first-order valence-electron chi connectivity index (χ1n) is 10.5. The summed E-state index contributed by atoms with van der Waals surface area (Å²) in [4.78, 5) is 3.98. The van der Waals surface area contributed by atoms with Crippen LogP contribution in [0.4, 0.5) is 5.69 Å². The lowest BCUT2D eigenvalue weighted by atomic mass is 10.1. The fourth-order valence-electron chi connectivity index (χ4n) is 2.36. The Hall–Kier alpha value is -2.87. The SMILES string of the molecule is C/C=C(\C)c1ccc(C)cc1.C=C(C)Nc1cc(C)ccc1C.CC=N/C(C)=C\C. The highest BCUT2D eigenvalue weighted by atomic mass is 14.9. The van der Waals surface area contributed by atoms with Crippen molar-refractivity contribution >= 4 is 17.5 Å². The minimum Gasteiger partial charge on any atom is -0.359 e. The van der Waals surface area contributed by atoms with Crippen LogP contribution in [-0.2, 0) is 0 Å². The molecule has 0 heterocycles. The molecule has 2 rings (SSSR count). The van der Waals surface area contributed by atoms with Crippen molar-refractivity contribution < 1.29 is 0 Å². The van der Waals surface area contributed by atoms with Gasteiger partial charge in [0.2, 0.25) is 0 Å². The third-order valence-electron chi connectivity index (χ3n) is 4.43. The Kier molecular flexibility index (Phi) is 13.6. The second-order valence-electron chi connectivity index (χ2n) is 7.38. The monoisotopic (exact) mass is 404 g/mol. The van der Waals surface area contributed by atoms with E-state index in [-0.39, 0.29) is 0 Å². The standard InChI is InChI=1S/C11H15N.C11H14.C6H11N/c1-8(2)12-11-7-9(3)5-6-10(11)4;1-4-10(3)11-7-5-9(2)6-8-11;1-4-6(3)7-5-2/h5-7,12H,1H2,2-4H3;4-8H,1-3H3;4-5H,1-3H3/b;10-4+;6-4-,7-5?. The van der Waals surface area contributed by atoms with Gasteiger partial charge in [0.15, 0.2) is 0 Å². The zero-order valence-electron chi connectivity index (χ0n) is 20.4. The van der Waals surface area contributed by atoms with Crippen molar-refractivity contribution in [2.75, 3.05) is 5.32 Å². The zero-order valence-corrected chi connectivity index (χ0v) is 20.4. The first kappa shape index (κ1) is 27.1. The van der Waals surface area contributed by atoms with Gasteiger partial charge in [0.05, 0.1) is 0 Å². The molecule has 0 spiro atoms. The lowest BCUT2D eigenvalue weighted by Crippen LogP contribution is -1.96. The average molecular weight is 405 g/mol. The topological polar surface area (TPSA) is 24.4 Å². The van der Waals surface area contributed by atoms with Crippen molar-refractivity contribution in [2.45, 2.75) is 62.3 Å². The molecule has 2 heteroatoms. The summed E-state index contributed by atoms with van der Waals surface area (Å²) < 4.78 is 0. The molecule has 0 saturated carbocycles. The van der Waals surface area contributed by atoms with E-state index >= 15 is 0 Å². The number of aliphatic imine (C=N–C) groups is 1. The lowest BCUT2D eigenvalue weighted by Gasteiger charge is -2.09. The van der Waals surface area contributed by atoms with Crippen molar-refractivity contribution in [3.63, 3.8) is 0 Å². The summed E-state index contributed by atoms with van der Waals surface area (Å²) in [6.07, 6.45) is 5.89. The van der Waals surface area contributed by atoms with Gasteiger partial charge in [0.25, 0.3) is 0 Å². The van der Waals surface area contributed by atoms with Crippen LogP contribution in [0, 0.1) is 20.8 Å². The van der Waals surface area contributed by atoms with E-state index < -0.39 is 0 Å². The molecule has 2 aromatic carbocycles. The molecular formula is C28H40N2. The summed E-state index contributed by atoms with van der Waals surface area (Å²) in [5.74, 6) is 0. The van der Waals surface area contributed by atoms with Crippen LogP contribution in [-0.4, -0.2) is 6.21 Å². The van der Waals surface area contributed by atoms with Gasteiger partial charge in [-0.05, 0) is 90.6 Å². The second-order valence-corrected chi connectivity index (χ2v) is 7.38. The molecule has 162 valence electrons. The molecule has 0 saturated heterocycles. The Morgan fingerprint density at radius 3 is 1.83 bits per heavy atom. The smallest absolute Gasteiger partial charge is 0.0413 e. The Bertz CT molecular complexity index is 866. The summed E-state index contributed by atoms with van der Waals surface area (Å²) in [7, 11) is 0. The first-order chi connectivity index (χ1) is 14.1. The molecule has 0 aliphatic carbocycles. The summed E-state index contributed by atoms with van der Waals surface area (Å²) >= 11 is 0. The molecule has 0 aromatic heterocycles. The first-order valence-corrected chi connectivity index (χ1v) is 10.5. The molecular weight excluding hydrogens is 364 g/mol. The number of allylic oxidation sites excluding steroid dienone is 5. The largest absolute Gasteiger partial charge is 0.359 e. The van der Waals surface area contributed by atoms with Crippen LogP contribution in [0.25, 0.3) is 5.57 Å². The fourth-order valence-corrected chi connectivity index (χ4v) is 2.36. The number of benzene rings is 2. The summed E-state index contributed by atoms with van der Waals surface area (Å²) in [6.45, 7) is 22.1. The molecule has 2 aromatic rings. The van der Waals surface area contributed by atoms with Gasteiger partial charge >= 0.3 is 0 Å². The minimum atomic E-state index is 0.976. The van der Waals surface area contributed by atoms with E-state index in [0.717, 1.165) is 17.1 Å². The number of rotatable bonds is 4. The number of anilines is 1. The maximum Gasteiger partial charge on any atom is 0.0413 e. The number of hydrogen-bond donors (Lipinski definition) is 1. The van der Waals surface area contributed by atoms with Crippen LogP contribution >= 0.6 is 0 Å². The van der Waals surface area contributed by atoms with Gasteiger partial charge in [0, 0.05) is 23.3 Å². The molecule has 30 heavy (non-hydrogen) atoms. The van der Waals surface area contributed by atoms with Gasteiger partial charge in [-0.3, -0.25) is 4.99 Å². The molecule has 0 bridgehead atoms. The number of aryl methyl sites for hydroxylation is 3. The van der Waals surface area contributed by atoms with E-state index in [0.29, 0.717) is 0 Å². The second kappa shape index (κ2) is 15.0. The van der Waals surface area contributed by atoms with Gasteiger partial charge in [-0.15, -0.1) is 0 Å². The van der Waals surface area contributed by atoms with E-state index in [4.69, 9.17) is 0 Å². The highest BCUT2D eigenvalue weighted by molar-refractivity contribution is 5.63. The number of nitrogens with one attached hydrogen (secondary N) is 1. The molecule has 2 nitrogen and oxygen atoms in total. The number of hydrogen-bond acceptors (Lipinski definition) is 2. The normalized spacial score (nSPS) is 11.2. The number of nitrogens with zero attached hydrogens (tertiary/aromatic N) is 1. The third kappa shape index (κ3) is 11.9. The molecule has 1 N–H and O–H groups in total. The average Bonchev–Trinajstić information content (AvgIpc) is 2.71. The highest BCUT2D eigenvalue weighted by Crippen LogP contribution is 2.17.